The van der Waals surface area contributed by atoms with Crippen LogP contribution in [0.25, 0.3) is 0 Å². The van der Waals surface area contributed by atoms with E-state index >= 15 is 0 Å². The molecule has 2 rings (SSSR count). The molecule has 0 bridgehead atoms. The molecule has 0 saturated heterocycles. The first-order chi connectivity index (χ1) is 7.97. The number of hydrogen-bond donors (Lipinski definition) is 2. The molecule has 1 unspecified atom stereocenters. The van der Waals surface area contributed by atoms with Gasteiger partial charge in [0.15, 0.2) is 0 Å². The molecule has 0 aliphatic heterocycles. The van der Waals surface area contributed by atoms with Crippen LogP contribution in [0.4, 0.5) is 5.82 Å². The van der Waals surface area contributed by atoms with Gasteiger partial charge in [0, 0.05) is 18.8 Å². The quantitative estimate of drug-likeness (QED) is 0.840. The Kier molecular flexibility index (Phi) is 3.38. The van der Waals surface area contributed by atoms with Gasteiger partial charge in [-0.3, -0.25) is 0 Å². The number of nitrogens with zero attached hydrogens (tertiary/aromatic N) is 1. The van der Waals surface area contributed by atoms with Crippen LogP contribution in [0.3, 0.4) is 0 Å². The molecule has 0 spiro atoms. The fourth-order valence-corrected chi connectivity index (χ4v) is 1.86. The van der Waals surface area contributed by atoms with E-state index < -0.39 is 0 Å². The molecule has 1 heterocycles. The van der Waals surface area contributed by atoms with Crippen LogP contribution in [-0.4, -0.2) is 17.6 Å². The SMILES string of the molecule is CC(C)(C)c1ccc(NCC(N)C2CC2)nc1. The minimum atomic E-state index is 0.163. The second kappa shape index (κ2) is 4.65. The van der Waals surface area contributed by atoms with Crippen molar-refractivity contribution in [3.8, 4) is 0 Å². The highest BCUT2D eigenvalue weighted by Crippen LogP contribution is 2.31. The van der Waals surface area contributed by atoms with E-state index in [4.69, 9.17) is 5.73 Å². The third kappa shape index (κ3) is 3.43. The molecular weight excluding hydrogens is 210 g/mol. The van der Waals surface area contributed by atoms with E-state index in [2.05, 4.69) is 37.1 Å². The van der Waals surface area contributed by atoms with Crippen LogP contribution in [0, 0.1) is 5.92 Å². The Morgan fingerprint density at radius 1 is 1.41 bits per heavy atom. The van der Waals surface area contributed by atoms with E-state index in [1.807, 2.05) is 12.3 Å². The third-order valence-electron chi connectivity index (χ3n) is 3.38. The molecule has 94 valence electrons. The summed E-state index contributed by atoms with van der Waals surface area (Å²) >= 11 is 0. The average Bonchev–Trinajstić information content (AvgIpc) is 3.09. The van der Waals surface area contributed by atoms with Gasteiger partial charge in [-0.25, -0.2) is 4.98 Å². The fourth-order valence-electron chi connectivity index (χ4n) is 1.86. The highest BCUT2D eigenvalue weighted by Gasteiger charge is 2.28. The number of pyridine rings is 1. The van der Waals surface area contributed by atoms with Crippen LogP contribution in [0.1, 0.15) is 39.2 Å². The average molecular weight is 233 g/mol. The summed E-state index contributed by atoms with van der Waals surface area (Å²) in [5, 5.41) is 3.31. The molecule has 1 fully saturated rings. The number of nitrogens with two attached hydrogens (primary N) is 1. The summed E-state index contributed by atoms with van der Waals surface area (Å²) in [5.74, 6) is 1.66. The summed E-state index contributed by atoms with van der Waals surface area (Å²) in [6, 6.07) is 4.46. The molecule has 3 N–H and O–H groups in total. The minimum absolute atomic E-state index is 0.163. The van der Waals surface area contributed by atoms with Crippen LogP contribution < -0.4 is 11.1 Å². The van der Waals surface area contributed by atoms with Gasteiger partial charge in [0.1, 0.15) is 5.82 Å². The van der Waals surface area contributed by atoms with Gasteiger partial charge >= 0.3 is 0 Å². The Morgan fingerprint density at radius 3 is 2.59 bits per heavy atom. The van der Waals surface area contributed by atoms with E-state index in [0.29, 0.717) is 0 Å². The molecule has 3 nitrogen and oxygen atoms in total. The lowest BCUT2D eigenvalue weighted by Gasteiger charge is -2.19. The second-order valence-electron chi connectivity index (χ2n) is 6.06. The van der Waals surface area contributed by atoms with Gasteiger partial charge in [-0.1, -0.05) is 26.8 Å². The molecule has 1 atom stereocenters. The van der Waals surface area contributed by atoms with Crippen molar-refractivity contribution in [2.24, 2.45) is 11.7 Å². The van der Waals surface area contributed by atoms with Crippen molar-refractivity contribution >= 4 is 5.82 Å². The van der Waals surface area contributed by atoms with Crippen molar-refractivity contribution in [1.29, 1.82) is 0 Å². The van der Waals surface area contributed by atoms with Crippen molar-refractivity contribution in [1.82, 2.24) is 4.98 Å². The van der Waals surface area contributed by atoms with Gasteiger partial charge in [0.2, 0.25) is 0 Å². The van der Waals surface area contributed by atoms with Gasteiger partial charge < -0.3 is 11.1 Å². The number of rotatable bonds is 4. The smallest absolute Gasteiger partial charge is 0.125 e. The summed E-state index contributed by atoms with van der Waals surface area (Å²) in [6.45, 7) is 7.41. The first-order valence-electron chi connectivity index (χ1n) is 6.43. The Labute approximate surface area is 104 Å². The Bertz CT molecular complexity index is 360. The molecule has 3 heteroatoms. The van der Waals surface area contributed by atoms with E-state index in [1.165, 1.54) is 18.4 Å². The lowest BCUT2D eigenvalue weighted by molar-refractivity contribution is 0.587. The molecule has 17 heavy (non-hydrogen) atoms. The van der Waals surface area contributed by atoms with Crippen molar-refractivity contribution in [3.63, 3.8) is 0 Å². The number of aromatic nitrogens is 1. The van der Waals surface area contributed by atoms with Gasteiger partial charge in [-0.05, 0) is 35.8 Å². The zero-order chi connectivity index (χ0) is 12.5. The largest absolute Gasteiger partial charge is 0.369 e. The second-order valence-corrected chi connectivity index (χ2v) is 6.06. The van der Waals surface area contributed by atoms with Gasteiger partial charge in [-0.2, -0.15) is 0 Å². The molecule has 0 radical (unpaired) electrons. The zero-order valence-electron chi connectivity index (χ0n) is 11.0. The predicted molar refractivity (Wildman–Crippen MR) is 72.1 cm³/mol. The summed E-state index contributed by atoms with van der Waals surface area (Å²) in [7, 11) is 0. The maximum Gasteiger partial charge on any atom is 0.125 e. The molecule has 0 aromatic carbocycles. The van der Waals surface area contributed by atoms with Crippen LogP contribution in [0.15, 0.2) is 18.3 Å². The molecule has 1 aromatic heterocycles. The maximum absolute atomic E-state index is 6.04. The lowest BCUT2D eigenvalue weighted by atomic mass is 9.88. The predicted octanol–water partition coefficient (Wildman–Crippen LogP) is 2.53. The van der Waals surface area contributed by atoms with Gasteiger partial charge in [-0.15, -0.1) is 0 Å². The fraction of sp³-hybridized carbons (Fsp3) is 0.643. The molecular formula is C14H23N3. The Hall–Kier alpha value is -1.09. The number of hydrogen-bond acceptors (Lipinski definition) is 3. The van der Waals surface area contributed by atoms with Gasteiger partial charge in [0.25, 0.3) is 0 Å². The molecule has 1 aliphatic rings. The lowest BCUT2D eigenvalue weighted by Crippen LogP contribution is -2.31. The topological polar surface area (TPSA) is 50.9 Å². The van der Waals surface area contributed by atoms with Crippen LogP contribution in [0.2, 0.25) is 0 Å². The minimum Gasteiger partial charge on any atom is -0.369 e. The summed E-state index contributed by atoms with van der Waals surface area (Å²) in [5.41, 5.74) is 7.46. The molecule has 1 aliphatic carbocycles. The molecule has 0 amide bonds. The first kappa shape index (κ1) is 12.4. The van der Waals surface area contributed by atoms with Crippen LogP contribution in [0.5, 0.6) is 0 Å². The third-order valence-corrected chi connectivity index (χ3v) is 3.38. The molecule has 1 aromatic rings. The van der Waals surface area contributed by atoms with Crippen molar-refractivity contribution < 1.29 is 0 Å². The van der Waals surface area contributed by atoms with Gasteiger partial charge in [0.05, 0.1) is 0 Å². The summed E-state index contributed by atoms with van der Waals surface area (Å²) < 4.78 is 0. The molecule has 1 saturated carbocycles. The number of nitrogens with one attached hydrogen (secondary N) is 1. The van der Waals surface area contributed by atoms with Crippen molar-refractivity contribution in [2.75, 3.05) is 11.9 Å². The highest BCUT2D eigenvalue weighted by atomic mass is 15.0. The van der Waals surface area contributed by atoms with E-state index in [9.17, 15) is 0 Å². The van der Waals surface area contributed by atoms with E-state index in [1.54, 1.807) is 0 Å². The van der Waals surface area contributed by atoms with Crippen molar-refractivity contribution in [2.45, 2.75) is 45.1 Å². The van der Waals surface area contributed by atoms with Crippen LogP contribution >= 0.6 is 0 Å². The monoisotopic (exact) mass is 233 g/mol. The maximum atomic E-state index is 6.04. The Morgan fingerprint density at radius 2 is 2.12 bits per heavy atom. The summed E-state index contributed by atoms with van der Waals surface area (Å²) in [4.78, 5) is 4.43. The first-order valence-corrected chi connectivity index (χ1v) is 6.43. The standard InChI is InChI=1S/C14H23N3/c1-14(2,3)11-6-7-13(16-8-11)17-9-12(15)10-4-5-10/h6-8,10,12H,4-5,9,15H2,1-3H3,(H,16,17). The zero-order valence-corrected chi connectivity index (χ0v) is 11.0. The Balaban J connectivity index is 1.89. The highest BCUT2D eigenvalue weighted by molar-refractivity contribution is 5.37. The van der Waals surface area contributed by atoms with E-state index in [0.717, 1.165) is 18.3 Å². The normalized spacial score (nSPS) is 17.9. The summed E-state index contributed by atoms with van der Waals surface area (Å²) in [6.07, 6.45) is 4.53. The van der Waals surface area contributed by atoms with Crippen molar-refractivity contribution in [3.05, 3.63) is 23.9 Å². The van der Waals surface area contributed by atoms with E-state index in [-0.39, 0.29) is 11.5 Å². The number of anilines is 1. The van der Waals surface area contributed by atoms with Crippen LogP contribution in [-0.2, 0) is 5.41 Å².